The molecule has 33 heavy (non-hydrogen) atoms. The molecule has 1 aliphatic rings. The van der Waals surface area contributed by atoms with Crippen LogP contribution in [0.4, 0.5) is 5.69 Å². The number of amides is 1. The smallest absolute Gasteiger partial charge is 0.311 e. The first-order chi connectivity index (χ1) is 16.1. The van der Waals surface area contributed by atoms with E-state index < -0.39 is 11.9 Å². The summed E-state index contributed by atoms with van der Waals surface area (Å²) in [5, 5.41) is 17.7. The van der Waals surface area contributed by atoms with E-state index >= 15 is 0 Å². The molecule has 5 rings (SSSR count). The van der Waals surface area contributed by atoms with E-state index in [9.17, 15) is 14.7 Å². The van der Waals surface area contributed by atoms with Crippen LogP contribution in [-0.4, -0.2) is 22.0 Å². The van der Waals surface area contributed by atoms with Gasteiger partial charge >= 0.3 is 5.97 Å². The van der Waals surface area contributed by atoms with Crippen molar-refractivity contribution in [2.24, 2.45) is 0 Å². The zero-order chi connectivity index (χ0) is 22.8. The molecule has 0 radical (unpaired) electrons. The standard InChI is InChI=1S/C27H24N2O3S/c30-25(15-23(27(31)32)18-5-2-1-3-6-18)28-22-12-11-17-9-10-20(13-21(17)14-22)26-29-24(16-33-26)19-7-4-8-19/h1-3,5-6,9-14,16,19,23H,4,7-8,15H2,(H,28,30)(H,31,32). The van der Waals surface area contributed by atoms with Crippen LogP contribution in [0.15, 0.2) is 72.1 Å². The molecule has 1 saturated carbocycles. The van der Waals surface area contributed by atoms with Crippen molar-refractivity contribution < 1.29 is 14.7 Å². The number of thiazole rings is 1. The van der Waals surface area contributed by atoms with Gasteiger partial charge < -0.3 is 10.4 Å². The van der Waals surface area contributed by atoms with Crippen molar-refractivity contribution >= 4 is 39.7 Å². The summed E-state index contributed by atoms with van der Waals surface area (Å²) in [6.45, 7) is 0. The Morgan fingerprint density at radius 2 is 1.82 bits per heavy atom. The molecule has 1 heterocycles. The summed E-state index contributed by atoms with van der Waals surface area (Å²) < 4.78 is 0. The number of anilines is 1. The summed E-state index contributed by atoms with van der Waals surface area (Å²) in [4.78, 5) is 29.2. The van der Waals surface area contributed by atoms with E-state index in [4.69, 9.17) is 4.98 Å². The van der Waals surface area contributed by atoms with Crippen molar-refractivity contribution in [3.8, 4) is 10.6 Å². The van der Waals surface area contributed by atoms with Crippen LogP contribution in [0.1, 0.15) is 48.8 Å². The summed E-state index contributed by atoms with van der Waals surface area (Å²) >= 11 is 1.67. The number of aliphatic carboxylic acids is 1. The van der Waals surface area contributed by atoms with Crippen LogP contribution in [-0.2, 0) is 9.59 Å². The van der Waals surface area contributed by atoms with Crippen LogP contribution in [0.3, 0.4) is 0 Å². The largest absolute Gasteiger partial charge is 0.481 e. The Balaban J connectivity index is 1.33. The minimum atomic E-state index is -1.01. The van der Waals surface area contributed by atoms with Gasteiger partial charge in [0.25, 0.3) is 0 Å². The lowest BCUT2D eigenvalue weighted by Crippen LogP contribution is -2.20. The van der Waals surface area contributed by atoms with E-state index in [0.717, 1.165) is 21.3 Å². The zero-order valence-electron chi connectivity index (χ0n) is 18.0. The number of carbonyl (C=O) groups is 2. The quantitative estimate of drug-likeness (QED) is 0.336. The number of carbonyl (C=O) groups excluding carboxylic acids is 1. The maximum absolute atomic E-state index is 12.6. The molecule has 0 aliphatic heterocycles. The lowest BCUT2D eigenvalue weighted by atomic mass is 9.83. The van der Waals surface area contributed by atoms with Crippen molar-refractivity contribution in [3.05, 3.63) is 83.4 Å². The molecule has 1 atom stereocenters. The molecule has 0 bridgehead atoms. The third-order valence-corrected chi connectivity index (χ3v) is 7.22. The number of carboxylic acid groups (broad SMARTS) is 1. The van der Waals surface area contributed by atoms with E-state index in [1.165, 1.54) is 25.0 Å². The highest BCUT2D eigenvalue weighted by Gasteiger charge is 2.24. The Bertz CT molecular complexity index is 1310. The molecule has 3 aromatic carbocycles. The van der Waals surface area contributed by atoms with Crippen LogP contribution in [0.25, 0.3) is 21.3 Å². The summed E-state index contributed by atoms with van der Waals surface area (Å²) in [5.74, 6) is -1.60. The minimum Gasteiger partial charge on any atom is -0.481 e. The molecule has 4 aromatic rings. The lowest BCUT2D eigenvalue weighted by molar-refractivity contribution is -0.140. The second kappa shape index (κ2) is 9.16. The predicted octanol–water partition coefficient (Wildman–Crippen LogP) is 6.43. The average molecular weight is 457 g/mol. The first-order valence-electron chi connectivity index (χ1n) is 11.1. The highest BCUT2D eigenvalue weighted by molar-refractivity contribution is 7.13. The van der Waals surface area contributed by atoms with Gasteiger partial charge in [0.05, 0.1) is 11.6 Å². The average Bonchev–Trinajstić information content (AvgIpc) is 3.25. The van der Waals surface area contributed by atoms with Crippen molar-refractivity contribution in [1.29, 1.82) is 0 Å². The minimum absolute atomic E-state index is 0.125. The second-order valence-corrected chi connectivity index (χ2v) is 9.39. The van der Waals surface area contributed by atoms with Gasteiger partial charge in [0.1, 0.15) is 5.01 Å². The molecular weight excluding hydrogens is 432 g/mol. The summed E-state index contributed by atoms with van der Waals surface area (Å²) in [6.07, 6.45) is 3.63. The maximum Gasteiger partial charge on any atom is 0.311 e. The molecule has 1 fully saturated rings. The molecule has 6 heteroatoms. The predicted molar refractivity (Wildman–Crippen MR) is 132 cm³/mol. The Morgan fingerprint density at radius 3 is 2.55 bits per heavy atom. The van der Waals surface area contributed by atoms with Gasteiger partial charge in [-0.05, 0) is 47.4 Å². The fourth-order valence-electron chi connectivity index (χ4n) is 4.20. The SMILES string of the molecule is O=C(CC(C(=O)O)c1ccccc1)Nc1ccc2ccc(-c3nc(C4CCC4)cs3)cc2c1. The number of nitrogens with zero attached hydrogens (tertiary/aromatic N) is 1. The Kier molecular flexibility index (Phi) is 5.92. The third-order valence-electron chi connectivity index (χ3n) is 6.31. The van der Waals surface area contributed by atoms with E-state index in [1.807, 2.05) is 24.3 Å². The van der Waals surface area contributed by atoms with Crippen LogP contribution >= 0.6 is 11.3 Å². The van der Waals surface area contributed by atoms with Gasteiger partial charge in [0, 0.05) is 29.0 Å². The number of rotatable bonds is 7. The monoisotopic (exact) mass is 456 g/mol. The lowest BCUT2D eigenvalue weighted by Gasteiger charge is -2.22. The van der Waals surface area contributed by atoms with E-state index in [2.05, 4.69) is 28.9 Å². The van der Waals surface area contributed by atoms with Crippen LogP contribution in [0.2, 0.25) is 0 Å². The number of fused-ring (bicyclic) bond motifs is 1. The maximum atomic E-state index is 12.6. The fourth-order valence-corrected chi connectivity index (χ4v) is 5.10. The molecule has 1 aromatic heterocycles. The van der Waals surface area contributed by atoms with Gasteiger partial charge in [-0.25, -0.2) is 4.98 Å². The van der Waals surface area contributed by atoms with Gasteiger partial charge in [0.2, 0.25) is 5.91 Å². The first-order valence-corrected chi connectivity index (χ1v) is 12.0. The zero-order valence-corrected chi connectivity index (χ0v) is 18.8. The first kappa shape index (κ1) is 21.3. The number of carboxylic acids is 1. The second-order valence-electron chi connectivity index (χ2n) is 8.54. The normalized spacial score (nSPS) is 14.5. The number of nitrogens with one attached hydrogen (secondary N) is 1. The van der Waals surface area contributed by atoms with Crippen LogP contribution < -0.4 is 5.32 Å². The van der Waals surface area contributed by atoms with Gasteiger partial charge in [-0.3, -0.25) is 9.59 Å². The highest BCUT2D eigenvalue weighted by atomic mass is 32.1. The molecule has 1 amide bonds. The molecule has 166 valence electrons. The Hall–Kier alpha value is -3.51. The van der Waals surface area contributed by atoms with Gasteiger partial charge in [-0.1, -0.05) is 55.0 Å². The molecular formula is C27H24N2O3S. The van der Waals surface area contributed by atoms with Crippen molar-refractivity contribution in [2.75, 3.05) is 5.32 Å². The van der Waals surface area contributed by atoms with Crippen LogP contribution in [0, 0.1) is 0 Å². The topological polar surface area (TPSA) is 79.3 Å². The van der Waals surface area contributed by atoms with Crippen LogP contribution in [0.5, 0.6) is 0 Å². The van der Waals surface area contributed by atoms with Crippen molar-refractivity contribution in [3.63, 3.8) is 0 Å². The van der Waals surface area contributed by atoms with Gasteiger partial charge in [-0.2, -0.15) is 0 Å². The highest BCUT2D eigenvalue weighted by Crippen LogP contribution is 2.38. The summed E-state index contributed by atoms with van der Waals surface area (Å²) in [6, 6.07) is 20.8. The molecule has 1 unspecified atom stereocenters. The Labute approximate surface area is 196 Å². The van der Waals surface area contributed by atoms with E-state index in [0.29, 0.717) is 17.2 Å². The number of aromatic nitrogens is 1. The molecule has 2 N–H and O–H groups in total. The number of benzene rings is 3. The Morgan fingerprint density at radius 1 is 1.03 bits per heavy atom. The molecule has 5 nitrogen and oxygen atoms in total. The van der Waals surface area contributed by atoms with Gasteiger partial charge in [0.15, 0.2) is 0 Å². The molecule has 0 saturated heterocycles. The van der Waals surface area contributed by atoms with Crippen molar-refractivity contribution in [1.82, 2.24) is 4.98 Å². The van der Waals surface area contributed by atoms with Gasteiger partial charge in [-0.15, -0.1) is 11.3 Å². The number of hydrogen-bond donors (Lipinski definition) is 2. The molecule has 0 spiro atoms. The summed E-state index contributed by atoms with van der Waals surface area (Å²) in [5.41, 5.74) is 3.54. The van der Waals surface area contributed by atoms with Crippen molar-refractivity contribution in [2.45, 2.75) is 37.5 Å². The number of hydrogen-bond acceptors (Lipinski definition) is 4. The van der Waals surface area contributed by atoms with E-state index in [1.54, 1.807) is 35.6 Å². The third kappa shape index (κ3) is 4.66. The van der Waals surface area contributed by atoms with E-state index in [-0.39, 0.29) is 12.3 Å². The fraction of sp³-hybridized carbons (Fsp3) is 0.222. The molecule has 1 aliphatic carbocycles. The summed E-state index contributed by atoms with van der Waals surface area (Å²) in [7, 11) is 0.